The lowest BCUT2D eigenvalue weighted by Gasteiger charge is -2.26. The van der Waals surface area contributed by atoms with Gasteiger partial charge in [-0.1, -0.05) is 36.4 Å². The van der Waals surface area contributed by atoms with Crippen molar-refractivity contribution >= 4 is 11.6 Å². The molecule has 196 valence electrons. The van der Waals surface area contributed by atoms with Crippen LogP contribution in [0.25, 0.3) is 0 Å². The summed E-state index contributed by atoms with van der Waals surface area (Å²) in [7, 11) is 1.71. The van der Waals surface area contributed by atoms with E-state index in [-0.39, 0.29) is 30.6 Å². The molecule has 3 aromatic rings. The third-order valence-electron chi connectivity index (χ3n) is 6.16. The van der Waals surface area contributed by atoms with Crippen molar-refractivity contribution in [3.8, 4) is 5.75 Å². The van der Waals surface area contributed by atoms with Gasteiger partial charge in [-0.25, -0.2) is 4.98 Å². The molecule has 0 unspecified atom stereocenters. The van der Waals surface area contributed by atoms with Crippen molar-refractivity contribution in [1.29, 1.82) is 0 Å². The average molecular weight is 523 g/mol. The van der Waals surface area contributed by atoms with Crippen LogP contribution in [0.15, 0.2) is 72.8 Å². The number of aromatic nitrogens is 1. The van der Waals surface area contributed by atoms with Crippen LogP contribution in [-0.4, -0.2) is 41.8 Å². The number of rotatable bonds is 7. The van der Waals surface area contributed by atoms with Crippen LogP contribution in [0.4, 0.5) is 32.0 Å². The lowest BCUT2D eigenvalue weighted by Crippen LogP contribution is -2.40. The largest absolute Gasteiger partial charge is 0.573 e. The summed E-state index contributed by atoms with van der Waals surface area (Å²) in [6.45, 7) is 0.276. The Balaban J connectivity index is 1.54. The van der Waals surface area contributed by atoms with Gasteiger partial charge in [0.05, 0.1) is 12.1 Å². The van der Waals surface area contributed by atoms with Gasteiger partial charge >= 0.3 is 12.5 Å². The zero-order valence-corrected chi connectivity index (χ0v) is 19.6. The van der Waals surface area contributed by atoms with E-state index < -0.39 is 30.0 Å². The van der Waals surface area contributed by atoms with E-state index in [0.717, 1.165) is 23.8 Å². The summed E-state index contributed by atoms with van der Waals surface area (Å²) >= 11 is 0. The summed E-state index contributed by atoms with van der Waals surface area (Å²) in [5, 5.41) is 0. The fraction of sp³-hybridized carbons (Fsp3) is 0.308. The number of anilines is 1. The maximum Gasteiger partial charge on any atom is 0.573 e. The first-order chi connectivity index (χ1) is 17.4. The molecule has 37 heavy (non-hydrogen) atoms. The summed E-state index contributed by atoms with van der Waals surface area (Å²) < 4.78 is 80.6. The molecule has 1 amide bonds. The van der Waals surface area contributed by atoms with Crippen molar-refractivity contribution < 1.29 is 35.9 Å². The number of pyridine rings is 1. The monoisotopic (exact) mass is 523 g/mol. The lowest BCUT2D eigenvalue weighted by atomic mass is 10.0. The van der Waals surface area contributed by atoms with Gasteiger partial charge in [0, 0.05) is 24.3 Å². The standard InChI is InChI=1S/C26H23F6N3O2/c1-34(15-14-18-8-5-9-23(33-18)25(27,28)29)22-16-21(17-6-3-2-4-7-17)35(24(22)36)19-10-12-20(13-11-19)37-26(30,31)32/h2-13,21-22H,14-16H2,1H3/t21-,22-/m1/s1. The van der Waals surface area contributed by atoms with Gasteiger partial charge in [0.1, 0.15) is 11.4 Å². The summed E-state index contributed by atoms with van der Waals surface area (Å²) in [6, 6.07) is 17.0. The zero-order chi connectivity index (χ0) is 26.8. The van der Waals surface area contributed by atoms with Gasteiger partial charge < -0.3 is 9.64 Å². The van der Waals surface area contributed by atoms with Crippen molar-refractivity contribution in [1.82, 2.24) is 9.88 Å². The number of likely N-dealkylation sites (N-methyl/N-ethyl adjacent to an activating group) is 1. The molecule has 2 heterocycles. The van der Waals surface area contributed by atoms with Crippen LogP contribution in [0.2, 0.25) is 0 Å². The fourth-order valence-electron chi connectivity index (χ4n) is 4.40. The van der Waals surface area contributed by atoms with Crippen LogP contribution in [0, 0.1) is 0 Å². The number of amides is 1. The Morgan fingerprint density at radius 1 is 0.946 bits per heavy atom. The number of ether oxygens (including phenoxy) is 1. The maximum atomic E-state index is 13.6. The fourth-order valence-corrected chi connectivity index (χ4v) is 4.40. The van der Waals surface area contributed by atoms with Crippen molar-refractivity contribution in [3.63, 3.8) is 0 Å². The number of hydrogen-bond acceptors (Lipinski definition) is 4. The summed E-state index contributed by atoms with van der Waals surface area (Å²) in [6.07, 6.45) is -8.80. The normalized spacial score (nSPS) is 18.5. The molecule has 5 nitrogen and oxygen atoms in total. The van der Waals surface area contributed by atoms with Crippen molar-refractivity contribution in [2.75, 3.05) is 18.5 Å². The molecule has 1 saturated heterocycles. The molecule has 1 fully saturated rings. The van der Waals surface area contributed by atoms with E-state index in [9.17, 15) is 31.1 Å². The highest BCUT2D eigenvalue weighted by atomic mass is 19.4. The number of halogens is 6. The summed E-state index contributed by atoms with van der Waals surface area (Å²) in [5.74, 6) is -0.667. The van der Waals surface area contributed by atoms with E-state index in [1.165, 1.54) is 29.2 Å². The Bertz CT molecular complexity index is 1220. The molecule has 1 aliphatic heterocycles. The van der Waals surface area contributed by atoms with Gasteiger partial charge in [-0.05, 0) is 55.4 Å². The predicted octanol–water partition coefficient (Wildman–Crippen LogP) is 6.02. The van der Waals surface area contributed by atoms with E-state index in [4.69, 9.17) is 0 Å². The molecule has 0 spiro atoms. The van der Waals surface area contributed by atoms with Crippen LogP contribution in [0.3, 0.4) is 0 Å². The lowest BCUT2D eigenvalue weighted by molar-refractivity contribution is -0.274. The molecule has 1 aliphatic rings. The molecule has 2 aromatic carbocycles. The maximum absolute atomic E-state index is 13.6. The summed E-state index contributed by atoms with van der Waals surface area (Å²) in [5.41, 5.74) is 0.535. The van der Waals surface area contributed by atoms with E-state index in [0.29, 0.717) is 12.1 Å². The Morgan fingerprint density at radius 2 is 1.62 bits per heavy atom. The van der Waals surface area contributed by atoms with Gasteiger partial charge in [0.25, 0.3) is 0 Å². The molecule has 4 rings (SSSR count). The van der Waals surface area contributed by atoms with Crippen LogP contribution in [0.5, 0.6) is 5.75 Å². The number of nitrogens with zero attached hydrogens (tertiary/aromatic N) is 3. The smallest absolute Gasteiger partial charge is 0.406 e. The molecule has 0 N–H and O–H groups in total. The topological polar surface area (TPSA) is 45.7 Å². The molecule has 1 aromatic heterocycles. The van der Waals surface area contributed by atoms with Gasteiger partial charge in [-0.2, -0.15) is 13.2 Å². The van der Waals surface area contributed by atoms with E-state index in [1.54, 1.807) is 11.9 Å². The third kappa shape index (κ3) is 6.40. The highest BCUT2D eigenvalue weighted by Crippen LogP contribution is 2.39. The van der Waals surface area contributed by atoms with Crippen molar-refractivity contribution in [2.45, 2.75) is 37.5 Å². The first kappa shape index (κ1) is 26.5. The van der Waals surface area contributed by atoms with Crippen LogP contribution >= 0.6 is 0 Å². The second-order valence-corrected chi connectivity index (χ2v) is 8.67. The molecule has 0 aliphatic carbocycles. The van der Waals surface area contributed by atoms with Gasteiger partial charge in [0.15, 0.2) is 0 Å². The van der Waals surface area contributed by atoms with E-state index >= 15 is 0 Å². The minimum Gasteiger partial charge on any atom is -0.406 e. The third-order valence-corrected chi connectivity index (χ3v) is 6.16. The highest BCUT2D eigenvalue weighted by Gasteiger charge is 2.43. The Kier molecular flexibility index (Phi) is 7.44. The van der Waals surface area contributed by atoms with Crippen molar-refractivity contribution in [2.24, 2.45) is 0 Å². The molecular weight excluding hydrogens is 500 g/mol. The molecule has 0 radical (unpaired) electrons. The van der Waals surface area contributed by atoms with Crippen LogP contribution in [0.1, 0.15) is 29.4 Å². The number of benzene rings is 2. The first-order valence-corrected chi connectivity index (χ1v) is 11.4. The molecule has 0 bridgehead atoms. The van der Waals surface area contributed by atoms with Crippen LogP contribution in [-0.2, 0) is 17.4 Å². The minimum absolute atomic E-state index is 0.198. The van der Waals surface area contributed by atoms with Crippen LogP contribution < -0.4 is 9.64 Å². The number of alkyl halides is 6. The van der Waals surface area contributed by atoms with E-state index in [1.807, 2.05) is 30.3 Å². The number of hydrogen-bond donors (Lipinski definition) is 0. The number of carbonyl (C=O) groups is 1. The molecule has 11 heteroatoms. The molecular formula is C26H23F6N3O2. The predicted molar refractivity (Wildman–Crippen MR) is 124 cm³/mol. The Hall–Kier alpha value is -3.60. The van der Waals surface area contributed by atoms with Gasteiger partial charge in [-0.15, -0.1) is 13.2 Å². The molecule has 0 saturated carbocycles. The van der Waals surface area contributed by atoms with Gasteiger partial charge in [0.2, 0.25) is 5.91 Å². The second-order valence-electron chi connectivity index (χ2n) is 8.67. The van der Waals surface area contributed by atoms with E-state index in [2.05, 4.69) is 9.72 Å². The molecule has 2 atom stereocenters. The highest BCUT2D eigenvalue weighted by molar-refractivity contribution is 6.00. The Morgan fingerprint density at radius 3 is 2.24 bits per heavy atom. The minimum atomic E-state index is -4.83. The summed E-state index contributed by atoms with van der Waals surface area (Å²) in [4.78, 5) is 20.5. The Labute approximate surface area is 209 Å². The first-order valence-electron chi connectivity index (χ1n) is 11.4. The van der Waals surface area contributed by atoms with Crippen molar-refractivity contribution in [3.05, 3.63) is 89.7 Å². The SMILES string of the molecule is CN(CCc1cccc(C(F)(F)F)n1)[C@@H]1C[C@H](c2ccccc2)N(c2ccc(OC(F)(F)F)cc2)C1=O. The number of carbonyl (C=O) groups excluding carboxylic acids is 1. The van der Waals surface area contributed by atoms with Gasteiger partial charge in [-0.3, -0.25) is 9.69 Å². The average Bonchev–Trinajstić information content (AvgIpc) is 3.19. The quantitative estimate of drug-likeness (QED) is 0.356. The zero-order valence-electron chi connectivity index (χ0n) is 19.6. The second kappa shape index (κ2) is 10.4.